The molecular weight excluding hydrogens is 228 g/mol. The Hall–Kier alpha value is -1.46. The monoisotopic (exact) mass is 248 g/mol. The summed E-state index contributed by atoms with van der Waals surface area (Å²) in [5, 5.41) is 0. The predicted octanol–water partition coefficient (Wildman–Crippen LogP) is 0.318. The number of primary amides is 1. The second-order valence-electron chi connectivity index (χ2n) is 4.61. The van der Waals surface area contributed by atoms with Crippen LogP contribution in [0.25, 0.3) is 0 Å². The summed E-state index contributed by atoms with van der Waals surface area (Å²) in [7, 11) is 0. The fourth-order valence-electron chi connectivity index (χ4n) is 2.16. The third-order valence-corrected chi connectivity index (χ3v) is 3.41. The maximum absolute atomic E-state index is 10.9. The van der Waals surface area contributed by atoms with E-state index in [-0.39, 0.29) is 0 Å². The fourth-order valence-corrected chi connectivity index (χ4v) is 2.16. The van der Waals surface area contributed by atoms with Crippen molar-refractivity contribution in [3.63, 3.8) is 0 Å². The van der Waals surface area contributed by atoms with E-state index in [4.69, 9.17) is 5.73 Å². The molecule has 2 N–H and O–H groups in total. The van der Waals surface area contributed by atoms with Gasteiger partial charge < -0.3 is 10.6 Å². The third kappa shape index (κ3) is 3.27. The lowest BCUT2D eigenvalue weighted by atomic mass is 10.2. The van der Waals surface area contributed by atoms with E-state index >= 15 is 0 Å². The molecule has 0 spiro atoms. The molecule has 2 rings (SSSR count). The van der Waals surface area contributed by atoms with E-state index in [9.17, 15) is 4.79 Å². The average Bonchev–Trinajstić information content (AvgIpc) is 2.40. The summed E-state index contributed by atoms with van der Waals surface area (Å²) in [6, 6.07) is 3.62. The van der Waals surface area contributed by atoms with Gasteiger partial charge in [-0.1, -0.05) is 6.92 Å². The van der Waals surface area contributed by atoms with Crippen LogP contribution in [0, 0.1) is 0 Å². The molecule has 0 saturated carbocycles. The van der Waals surface area contributed by atoms with E-state index < -0.39 is 5.91 Å². The molecule has 1 amide bonds. The lowest BCUT2D eigenvalue weighted by molar-refractivity contribution is 0.1000. The first-order valence-corrected chi connectivity index (χ1v) is 6.38. The van der Waals surface area contributed by atoms with Crippen molar-refractivity contribution in [2.45, 2.75) is 13.5 Å². The molecule has 0 radical (unpaired) electrons. The molecule has 0 aromatic carbocycles. The first kappa shape index (κ1) is 13.0. The molecular formula is C13H20N4O. The summed E-state index contributed by atoms with van der Waals surface area (Å²) in [6.07, 6.45) is 1.56. The molecule has 18 heavy (non-hydrogen) atoms. The normalized spacial score (nSPS) is 17.8. The molecule has 5 heteroatoms. The van der Waals surface area contributed by atoms with Crippen LogP contribution in [0.5, 0.6) is 0 Å². The highest BCUT2D eigenvalue weighted by molar-refractivity contribution is 5.92. The van der Waals surface area contributed by atoms with Gasteiger partial charge in [-0.25, -0.2) is 0 Å². The molecule has 1 fully saturated rings. The number of piperazine rings is 1. The number of hydrogen-bond donors (Lipinski definition) is 1. The van der Waals surface area contributed by atoms with Crippen LogP contribution >= 0.6 is 0 Å². The van der Waals surface area contributed by atoms with Gasteiger partial charge in [-0.15, -0.1) is 0 Å². The van der Waals surface area contributed by atoms with Gasteiger partial charge in [0, 0.05) is 38.9 Å². The van der Waals surface area contributed by atoms with Crippen molar-refractivity contribution in [1.29, 1.82) is 0 Å². The lowest BCUT2D eigenvalue weighted by Gasteiger charge is -2.33. The van der Waals surface area contributed by atoms with Crippen molar-refractivity contribution in [2.75, 3.05) is 32.7 Å². The first-order chi connectivity index (χ1) is 8.69. The maximum Gasteiger partial charge on any atom is 0.250 e. The van der Waals surface area contributed by atoms with Gasteiger partial charge in [0.15, 0.2) is 0 Å². The Bertz CT molecular complexity index is 396. The van der Waals surface area contributed by atoms with Crippen LogP contribution < -0.4 is 5.73 Å². The molecule has 98 valence electrons. The Balaban J connectivity index is 1.88. The molecule has 1 aromatic heterocycles. The highest BCUT2D eigenvalue weighted by atomic mass is 16.1. The average molecular weight is 248 g/mol. The molecule has 2 heterocycles. The zero-order valence-corrected chi connectivity index (χ0v) is 10.8. The van der Waals surface area contributed by atoms with Crippen LogP contribution in [0.3, 0.4) is 0 Å². The first-order valence-electron chi connectivity index (χ1n) is 6.38. The van der Waals surface area contributed by atoms with Gasteiger partial charge in [0.05, 0.1) is 11.3 Å². The lowest BCUT2D eigenvalue weighted by Crippen LogP contribution is -2.45. The van der Waals surface area contributed by atoms with E-state index in [0.29, 0.717) is 5.56 Å². The highest BCUT2D eigenvalue weighted by Gasteiger charge is 2.15. The zero-order valence-electron chi connectivity index (χ0n) is 10.8. The van der Waals surface area contributed by atoms with E-state index in [0.717, 1.165) is 45.0 Å². The van der Waals surface area contributed by atoms with Gasteiger partial charge in [-0.3, -0.25) is 14.7 Å². The molecule has 1 aliphatic rings. The summed E-state index contributed by atoms with van der Waals surface area (Å²) in [5.41, 5.74) is 6.64. The second-order valence-corrected chi connectivity index (χ2v) is 4.61. The Labute approximate surface area is 108 Å². The van der Waals surface area contributed by atoms with Crippen LogP contribution in [-0.2, 0) is 6.54 Å². The molecule has 0 aliphatic carbocycles. The zero-order chi connectivity index (χ0) is 13.0. The Morgan fingerprint density at radius 3 is 2.44 bits per heavy atom. The molecule has 1 aliphatic heterocycles. The minimum Gasteiger partial charge on any atom is -0.366 e. The predicted molar refractivity (Wildman–Crippen MR) is 70.1 cm³/mol. The number of rotatable bonds is 4. The summed E-state index contributed by atoms with van der Waals surface area (Å²) in [6.45, 7) is 8.56. The van der Waals surface area contributed by atoms with Gasteiger partial charge in [0.2, 0.25) is 5.91 Å². The number of nitrogens with two attached hydrogens (primary N) is 1. The summed E-state index contributed by atoms with van der Waals surface area (Å²) >= 11 is 0. The van der Waals surface area contributed by atoms with Crippen LogP contribution in [0.2, 0.25) is 0 Å². The van der Waals surface area contributed by atoms with Crippen LogP contribution in [-0.4, -0.2) is 53.4 Å². The number of aromatic nitrogens is 1. The van der Waals surface area contributed by atoms with E-state index in [1.54, 1.807) is 12.3 Å². The van der Waals surface area contributed by atoms with E-state index in [1.165, 1.54) is 0 Å². The topological polar surface area (TPSA) is 62.5 Å². The van der Waals surface area contributed by atoms with Crippen LogP contribution in [0.15, 0.2) is 18.3 Å². The number of likely N-dealkylation sites (N-methyl/N-ethyl adjacent to an activating group) is 1. The van der Waals surface area contributed by atoms with Crippen molar-refractivity contribution in [3.05, 3.63) is 29.6 Å². The van der Waals surface area contributed by atoms with Crippen molar-refractivity contribution < 1.29 is 4.79 Å². The highest BCUT2D eigenvalue weighted by Crippen LogP contribution is 2.07. The third-order valence-electron chi connectivity index (χ3n) is 3.41. The summed E-state index contributed by atoms with van der Waals surface area (Å²) in [4.78, 5) is 20.0. The Morgan fingerprint density at radius 2 is 1.94 bits per heavy atom. The molecule has 0 unspecified atom stereocenters. The Kier molecular flexibility index (Phi) is 4.28. The van der Waals surface area contributed by atoms with Crippen LogP contribution in [0.1, 0.15) is 23.0 Å². The fraction of sp³-hybridized carbons (Fsp3) is 0.538. The molecule has 0 bridgehead atoms. The van der Waals surface area contributed by atoms with E-state index in [2.05, 4.69) is 21.7 Å². The van der Waals surface area contributed by atoms with Gasteiger partial charge in [-0.2, -0.15) is 0 Å². The minimum absolute atomic E-state index is 0.425. The number of carbonyl (C=O) groups is 1. The number of nitrogens with zero attached hydrogens (tertiary/aromatic N) is 3. The number of amides is 1. The number of carbonyl (C=O) groups excluding carboxylic acids is 1. The number of hydrogen-bond acceptors (Lipinski definition) is 4. The smallest absolute Gasteiger partial charge is 0.250 e. The molecule has 1 aromatic rings. The SMILES string of the molecule is CCN1CCN(Cc2ccc(C(N)=O)cn2)CC1. The second kappa shape index (κ2) is 5.93. The van der Waals surface area contributed by atoms with Gasteiger partial charge in [0.25, 0.3) is 0 Å². The van der Waals surface area contributed by atoms with Crippen molar-refractivity contribution >= 4 is 5.91 Å². The quantitative estimate of drug-likeness (QED) is 0.833. The van der Waals surface area contributed by atoms with Gasteiger partial charge >= 0.3 is 0 Å². The summed E-state index contributed by atoms with van der Waals surface area (Å²) < 4.78 is 0. The van der Waals surface area contributed by atoms with Crippen molar-refractivity contribution in [1.82, 2.24) is 14.8 Å². The van der Waals surface area contributed by atoms with Gasteiger partial charge in [-0.05, 0) is 18.7 Å². The molecule has 1 saturated heterocycles. The van der Waals surface area contributed by atoms with Crippen molar-refractivity contribution in [3.8, 4) is 0 Å². The maximum atomic E-state index is 10.9. The van der Waals surface area contributed by atoms with Crippen LogP contribution in [0.4, 0.5) is 0 Å². The molecule has 5 nitrogen and oxygen atoms in total. The summed E-state index contributed by atoms with van der Waals surface area (Å²) in [5.74, 6) is -0.425. The standard InChI is InChI=1S/C13H20N4O/c1-2-16-5-7-17(8-6-16)10-12-4-3-11(9-15-12)13(14)18/h3-4,9H,2,5-8,10H2,1H3,(H2,14,18). The van der Waals surface area contributed by atoms with Gasteiger partial charge in [0.1, 0.15) is 0 Å². The Morgan fingerprint density at radius 1 is 1.28 bits per heavy atom. The van der Waals surface area contributed by atoms with Crippen molar-refractivity contribution in [2.24, 2.45) is 5.73 Å². The minimum atomic E-state index is -0.425. The number of pyridine rings is 1. The largest absolute Gasteiger partial charge is 0.366 e. The molecule has 0 atom stereocenters. The van der Waals surface area contributed by atoms with E-state index in [1.807, 2.05) is 6.07 Å².